The van der Waals surface area contributed by atoms with Crippen LogP contribution in [0.25, 0.3) is 0 Å². The Kier molecular flexibility index (Phi) is 7.41. The second-order valence-electron chi connectivity index (χ2n) is 5.48. The minimum atomic E-state index is -7.34. The molecule has 1 aliphatic heterocycles. The molecule has 0 radical (unpaired) electrons. The van der Waals surface area contributed by atoms with E-state index in [1.54, 1.807) is 4.74 Å². The molecule has 0 spiro atoms. The molecule has 0 saturated carbocycles. The number of halogens is 15. The van der Waals surface area contributed by atoms with E-state index >= 15 is 0 Å². The van der Waals surface area contributed by atoms with E-state index in [0.29, 0.717) is 0 Å². The van der Waals surface area contributed by atoms with E-state index in [4.69, 9.17) is 0 Å². The van der Waals surface area contributed by atoms with Gasteiger partial charge in [0.25, 0.3) is 0 Å². The van der Waals surface area contributed by atoms with Crippen molar-refractivity contribution in [1.82, 2.24) is 4.90 Å². The molecule has 1 aliphatic rings. The van der Waals surface area contributed by atoms with Gasteiger partial charge in [-0.1, -0.05) is 0 Å². The van der Waals surface area contributed by atoms with Crippen LogP contribution in [0.5, 0.6) is 0 Å². The summed E-state index contributed by atoms with van der Waals surface area (Å²) in [5.41, 5.74) is 0. The van der Waals surface area contributed by atoms with Gasteiger partial charge in [-0.3, -0.25) is 0 Å². The number of rotatable bonds is 8. The van der Waals surface area contributed by atoms with Crippen molar-refractivity contribution in [3.8, 4) is 0 Å². The van der Waals surface area contributed by atoms with Crippen LogP contribution in [0.4, 0.5) is 65.9 Å². The first kappa shape index (κ1) is 27.8. The predicted octanol–water partition coefficient (Wildman–Crippen LogP) is 4.45. The monoisotopic (exact) mass is 503 g/mol. The van der Waals surface area contributed by atoms with E-state index in [9.17, 15) is 65.9 Å². The molecule has 0 aromatic heterocycles. The molecule has 0 N–H and O–H groups in total. The zero-order valence-electron chi connectivity index (χ0n) is 14.1. The lowest BCUT2D eigenvalue weighted by molar-refractivity contribution is -0.590. The van der Waals surface area contributed by atoms with Crippen molar-refractivity contribution in [1.29, 1.82) is 0 Å². The maximum Gasteiger partial charge on any atom is 0.527 e. The van der Waals surface area contributed by atoms with Crippen molar-refractivity contribution in [2.75, 3.05) is 26.3 Å². The Morgan fingerprint density at radius 1 is 0.548 bits per heavy atom. The number of morpholine rings is 1. The van der Waals surface area contributed by atoms with Crippen molar-refractivity contribution in [2.45, 2.75) is 43.0 Å². The molecule has 0 aromatic rings. The lowest BCUT2D eigenvalue weighted by Crippen LogP contribution is -2.64. The van der Waals surface area contributed by atoms with Crippen LogP contribution in [-0.4, -0.2) is 74.2 Å². The van der Waals surface area contributed by atoms with Gasteiger partial charge in [0, 0.05) is 13.1 Å². The van der Waals surface area contributed by atoms with Crippen LogP contribution in [-0.2, 0) is 18.9 Å². The Morgan fingerprint density at radius 3 is 1.32 bits per heavy atom. The molecule has 1 saturated heterocycles. The van der Waals surface area contributed by atoms with Gasteiger partial charge in [-0.15, -0.1) is 13.2 Å². The first-order valence-corrected chi connectivity index (χ1v) is 7.24. The molecule has 0 bridgehead atoms. The summed E-state index contributed by atoms with van der Waals surface area (Å²) in [7, 11) is 0. The van der Waals surface area contributed by atoms with E-state index in [-0.39, 0.29) is 0 Å². The van der Waals surface area contributed by atoms with Gasteiger partial charge in [-0.2, -0.15) is 52.7 Å². The van der Waals surface area contributed by atoms with Gasteiger partial charge in [0.2, 0.25) is 0 Å². The molecule has 20 heteroatoms. The Bertz CT molecular complexity index is 615. The van der Waals surface area contributed by atoms with Crippen LogP contribution < -0.4 is 0 Å². The summed E-state index contributed by atoms with van der Waals surface area (Å²) < 4.78 is 203. The topological polar surface area (TPSA) is 40.2 Å². The minimum Gasteiger partial charge on any atom is -0.379 e. The highest BCUT2D eigenvalue weighted by Crippen LogP contribution is 2.51. The fraction of sp³-hybridized carbons (Fsp3) is 1.00. The molecule has 0 amide bonds. The highest BCUT2D eigenvalue weighted by molar-refractivity contribution is 4.84. The average molecular weight is 503 g/mol. The maximum absolute atomic E-state index is 13.8. The quantitative estimate of drug-likeness (QED) is 0.279. The van der Waals surface area contributed by atoms with Gasteiger partial charge >= 0.3 is 43.0 Å². The van der Waals surface area contributed by atoms with Crippen LogP contribution in [0, 0.1) is 0 Å². The van der Waals surface area contributed by atoms with Crippen molar-refractivity contribution in [2.24, 2.45) is 0 Å². The Hall–Kier alpha value is -1.25. The van der Waals surface area contributed by atoms with E-state index in [1.807, 2.05) is 4.74 Å². The SMILES string of the molecule is FC(F)(F)OC(F)(F)C(F)(F)OC(F)(OC(F)(F)C(F)(F)N1CCOCC1)C(F)(F)F. The van der Waals surface area contributed by atoms with E-state index in [1.165, 1.54) is 4.74 Å². The van der Waals surface area contributed by atoms with Gasteiger partial charge in [-0.25, -0.2) is 19.1 Å². The summed E-state index contributed by atoms with van der Waals surface area (Å²) in [5.74, 6) is 0. The normalized spacial score (nSPS) is 20.6. The molecule has 1 atom stereocenters. The predicted molar refractivity (Wildman–Crippen MR) is 61.4 cm³/mol. The third kappa shape index (κ3) is 6.17. The number of ether oxygens (including phenoxy) is 4. The van der Waals surface area contributed by atoms with Crippen LogP contribution in [0.15, 0.2) is 0 Å². The van der Waals surface area contributed by atoms with Crippen LogP contribution in [0.1, 0.15) is 0 Å². The zero-order chi connectivity index (χ0) is 24.7. The van der Waals surface area contributed by atoms with Crippen molar-refractivity contribution >= 4 is 0 Å². The molecule has 5 nitrogen and oxygen atoms in total. The highest BCUT2D eigenvalue weighted by Gasteiger charge is 2.77. The van der Waals surface area contributed by atoms with Gasteiger partial charge < -0.3 is 4.74 Å². The summed E-state index contributed by atoms with van der Waals surface area (Å²) in [5, 5.41) is 0. The third-order valence-electron chi connectivity index (χ3n) is 3.20. The second-order valence-corrected chi connectivity index (χ2v) is 5.48. The summed E-state index contributed by atoms with van der Waals surface area (Å²) in [6.07, 6.45) is -35.2. The molecular formula is C11H8F15NO4. The molecule has 1 heterocycles. The number of nitrogens with zero attached hydrogens (tertiary/aromatic N) is 1. The number of alkyl halides is 15. The van der Waals surface area contributed by atoms with E-state index in [0.717, 1.165) is 0 Å². The highest BCUT2D eigenvalue weighted by atomic mass is 19.4. The smallest absolute Gasteiger partial charge is 0.379 e. The van der Waals surface area contributed by atoms with Gasteiger partial charge in [0.15, 0.2) is 0 Å². The summed E-state index contributed by atoms with van der Waals surface area (Å²) in [4.78, 5) is -0.632. The lowest BCUT2D eigenvalue weighted by Gasteiger charge is -2.40. The molecule has 1 fully saturated rings. The van der Waals surface area contributed by atoms with E-state index < -0.39 is 74.2 Å². The number of hydrogen-bond donors (Lipinski definition) is 0. The average Bonchev–Trinajstić information content (AvgIpc) is 2.50. The summed E-state index contributed by atoms with van der Waals surface area (Å²) in [6, 6.07) is -13.1. The minimum absolute atomic E-state index is 0.632. The van der Waals surface area contributed by atoms with Crippen molar-refractivity contribution in [3.63, 3.8) is 0 Å². The standard InChI is InChI=1S/C11H8F15NO4/c12-5(13,14)10(23,30-8(19,20)9(21,22)31-11(24,25)26)29-7(17,18)6(15,16)27-1-3-28-4-2-27/h1-4H2. The van der Waals surface area contributed by atoms with Gasteiger partial charge in [-0.05, 0) is 0 Å². The van der Waals surface area contributed by atoms with Gasteiger partial charge in [0.1, 0.15) is 0 Å². The van der Waals surface area contributed by atoms with Crippen LogP contribution in [0.2, 0.25) is 0 Å². The fourth-order valence-electron chi connectivity index (χ4n) is 1.82. The van der Waals surface area contributed by atoms with Crippen LogP contribution >= 0.6 is 0 Å². The first-order chi connectivity index (χ1) is 13.5. The molecule has 0 aliphatic carbocycles. The van der Waals surface area contributed by atoms with Crippen molar-refractivity contribution in [3.05, 3.63) is 0 Å². The zero-order valence-corrected chi connectivity index (χ0v) is 14.1. The second kappa shape index (κ2) is 8.27. The largest absolute Gasteiger partial charge is 0.527 e. The molecular weight excluding hydrogens is 495 g/mol. The molecule has 0 aromatic carbocycles. The molecule has 1 rings (SSSR count). The molecule has 1 unspecified atom stereocenters. The van der Waals surface area contributed by atoms with Crippen molar-refractivity contribution < 1.29 is 84.8 Å². The van der Waals surface area contributed by atoms with Crippen LogP contribution in [0.3, 0.4) is 0 Å². The summed E-state index contributed by atoms with van der Waals surface area (Å²) >= 11 is 0. The Balaban J connectivity index is 3.27. The fourth-order valence-corrected chi connectivity index (χ4v) is 1.82. The van der Waals surface area contributed by atoms with Gasteiger partial charge in [0.05, 0.1) is 13.2 Å². The molecule has 31 heavy (non-hydrogen) atoms. The molecule has 186 valence electrons. The Labute approximate surface area is 160 Å². The first-order valence-electron chi connectivity index (χ1n) is 7.24. The maximum atomic E-state index is 13.8. The lowest BCUT2D eigenvalue weighted by atomic mass is 10.3. The Morgan fingerprint density at radius 2 is 0.935 bits per heavy atom. The summed E-state index contributed by atoms with van der Waals surface area (Å²) in [6.45, 7) is -3.62. The van der Waals surface area contributed by atoms with E-state index in [2.05, 4.69) is 4.74 Å². The third-order valence-corrected chi connectivity index (χ3v) is 3.20. The number of hydrogen-bond acceptors (Lipinski definition) is 5.